The third-order valence-electron chi connectivity index (χ3n) is 5.09. The first kappa shape index (κ1) is 20.6. The summed E-state index contributed by atoms with van der Waals surface area (Å²) in [7, 11) is 1.63. The largest absolute Gasteiger partial charge is 0.497 e. The van der Waals surface area contributed by atoms with Gasteiger partial charge in [0.25, 0.3) is 0 Å². The lowest BCUT2D eigenvalue weighted by Crippen LogP contribution is -2.17. The van der Waals surface area contributed by atoms with Crippen LogP contribution in [0.2, 0.25) is 0 Å². The van der Waals surface area contributed by atoms with Gasteiger partial charge in [-0.2, -0.15) is 8.78 Å². The molecule has 3 aromatic rings. The molecule has 1 aliphatic rings. The van der Waals surface area contributed by atoms with E-state index in [1.807, 2.05) is 24.3 Å². The highest BCUT2D eigenvalue weighted by Crippen LogP contribution is 2.47. The fraction of sp³-hybridized carbons (Fsp3) is 0.304. The van der Waals surface area contributed by atoms with Crippen LogP contribution in [-0.2, 0) is 13.2 Å². The molecule has 0 unspecified atom stereocenters. The second kappa shape index (κ2) is 9.02. The van der Waals surface area contributed by atoms with Crippen LogP contribution >= 0.6 is 11.3 Å². The lowest BCUT2D eigenvalue weighted by Gasteiger charge is -2.26. The number of methoxy groups -OCH3 is 1. The van der Waals surface area contributed by atoms with Gasteiger partial charge in [-0.15, -0.1) is 11.3 Å². The molecule has 1 aromatic heterocycles. The standard InChI is InChI=1S/C23H23F2NO3S/c1-28-18-8-2-15(3-9-18)13-26(17-6-10-19(11-7-17)29-23(24)25)20-12-21(16-4-5-16)30-22(20)14-27/h2-3,6-12,16,23,27H,4-5,13-14H2,1H3. The van der Waals surface area contributed by atoms with Crippen LogP contribution in [0.5, 0.6) is 11.5 Å². The summed E-state index contributed by atoms with van der Waals surface area (Å²) >= 11 is 1.65. The zero-order valence-corrected chi connectivity index (χ0v) is 17.4. The Bertz CT molecular complexity index is 969. The molecule has 7 heteroatoms. The highest BCUT2D eigenvalue weighted by atomic mass is 32.1. The molecular formula is C23H23F2NO3S. The van der Waals surface area contributed by atoms with Gasteiger partial charge >= 0.3 is 6.61 Å². The van der Waals surface area contributed by atoms with E-state index in [2.05, 4.69) is 15.7 Å². The summed E-state index contributed by atoms with van der Waals surface area (Å²) < 4.78 is 34.7. The van der Waals surface area contributed by atoms with Gasteiger partial charge in [0, 0.05) is 17.1 Å². The van der Waals surface area contributed by atoms with Crippen LogP contribution in [0.4, 0.5) is 20.2 Å². The molecule has 0 atom stereocenters. The maximum atomic E-state index is 12.5. The van der Waals surface area contributed by atoms with E-state index in [1.54, 1.807) is 30.6 Å². The van der Waals surface area contributed by atoms with Crippen molar-refractivity contribution in [3.8, 4) is 11.5 Å². The SMILES string of the molecule is COc1ccc(CN(c2ccc(OC(F)F)cc2)c2cc(C3CC3)sc2CO)cc1. The molecule has 158 valence electrons. The third kappa shape index (κ3) is 4.74. The molecule has 1 heterocycles. The van der Waals surface area contributed by atoms with Crippen molar-refractivity contribution >= 4 is 22.7 Å². The van der Waals surface area contributed by atoms with E-state index < -0.39 is 6.61 Å². The zero-order valence-electron chi connectivity index (χ0n) is 16.6. The Morgan fingerprint density at radius 2 is 1.73 bits per heavy atom. The minimum Gasteiger partial charge on any atom is -0.497 e. The van der Waals surface area contributed by atoms with Crippen molar-refractivity contribution in [3.63, 3.8) is 0 Å². The van der Waals surface area contributed by atoms with E-state index >= 15 is 0 Å². The summed E-state index contributed by atoms with van der Waals surface area (Å²) in [6.45, 7) is -2.34. The van der Waals surface area contributed by atoms with Gasteiger partial charge < -0.3 is 19.5 Å². The number of alkyl halides is 2. The molecular weight excluding hydrogens is 408 g/mol. The van der Waals surface area contributed by atoms with Gasteiger partial charge in [0.2, 0.25) is 0 Å². The first-order valence-corrected chi connectivity index (χ1v) is 10.6. The Balaban J connectivity index is 1.68. The van der Waals surface area contributed by atoms with E-state index in [0.717, 1.165) is 27.6 Å². The minimum absolute atomic E-state index is 0.0432. The number of nitrogens with zero attached hydrogens (tertiary/aromatic N) is 1. The Hall–Kier alpha value is -2.64. The Morgan fingerprint density at radius 1 is 1.07 bits per heavy atom. The number of thiophene rings is 1. The van der Waals surface area contributed by atoms with Crippen LogP contribution in [0.1, 0.15) is 34.1 Å². The minimum atomic E-state index is -2.86. The molecule has 2 aromatic carbocycles. The van der Waals surface area contributed by atoms with Crippen LogP contribution < -0.4 is 14.4 Å². The van der Waals surface area contributed by atoms with Crippen molar-refractivity contribution < 1.29 is 23.4 Å². The van der Waals surface area contributed by atoms with Crippen molar-refractivity contribution in [2.24, 2.45) is 0 Å². The van der Waals surface area contributed by atoms with Gasteiger partial charge in [-0.3, -0.25) is 0 Å². The average molecular weight is 432 g/mol. The molecule has 1 saturated carbocycles. The maximum absolute atomic E-state index is 12.5. The van der Waals surface area contributed by atoms with Gasteiger partial charge in [-0.1, -0.05) is 12.1 Å². The summed E-state index contributed by atoms with van der Waals surface area (Å²) in [6, 6.07) is 16.5. The van der Waals surface area contributed by atoms with E-state index in [9.17, 15) is 13.9 Å². The molecule has 4 nitrogen and oxygen atoms in total. The molecule has 0 amide bonds. The molecule has 0 saturated heterocycles. The summed E-state index contributed by atoms with van der Waals surface area (Å²) in [5.74, 6) is 1.48. The topological polar surface area (TPSA) is 41.9 Å². The van der Waals surface area contributed by atoms with Crippen molar-refractivity contribution in [1.82, 2.24) is 0 Å². The molecule has 0 bridgehead atoms. The van der Waals surface area contributed by atoms with E-state index in [-0.39, 0.29) is 12.4 Å². The summed E-state index contributed by atoms with van der Waals surface area (Å²) in [5.41, 5.74) is 2.84. The number of aliphatic hydroxyl groups is 1. The smallest absolute Gasteiger partial charge is 0.387 e. The Kier molecular flexibility index (Phi) is 6.20. The lowest BCUT2D eigenvalue weighted by molar-refractivity contribution is -0.0498. The highest BCUT2D eigenvalue weighted by Gasteiger charge is 2.28. The highest BCUT2D eigenvalue weighted by molar-refractivity contribution is 7.12. The summed E-state index contributed by atoms with van der Waals surface area (Å²) in [4.78, 5) is 4.28. The monoisotopic (exact) mass is 431 g/mol. The normalized spacial score (nSPS) is 13.5. The third-order valence-corrected chi connectivity index (χ3v) is 6.36. The average Bonchev–Trinajstić information content (AvgIpc) is 3.52. The molecule has 4 rings (SSSR count). The molecule has 0 radical (unpaired) electrons. The lowest BCUT2D eigenvalue weighted by atomic mass is 10.1. The van der Waals surface area contributed by atoms with Crippen molar-refractivity contribution in [3.05, 3.63) is 69.9 Å². The van der Waals surface area contributed by atoms with Crippen molar-refractivity contribution in [2.45, 2.75) is 38.5 Å². The van der Waals surface area contributed by atoms with Gasteiger partial charge in [0.05, 0.1) is 24.3 Å². The molecule has 0 spiro atoms. The van der Waals surface area contributed by atoms with Crippen LogP contribution in [0.3, 0.4) is 0 Å². The molecule has 1 fully saturated rings. The number of ether oxygens (including phenoxy) is 2. The Labute approximate surface area is 178 Å². The zero-order chi connectivity index (χ0) is 21.1. The van der Waals surface area contributed by atoms with Gasteiger partial charge in [-0.25, -0.2) is 0 Å². The summed E-state index contributed by atoms with van der Waals surface area (Å²) in [6.07, 6.45) is 2.37. The van der Waals surface area contributed by atoms with Crippen LogP contribution in [0.25, 0.3) is 0 Å². The number of rotatable bonds is 9. The maximum Gasteiger partial charge on any atom is 0.387 e. The number of hydrogen-bond donors (Lipinski definition) is 1. The second-order valence-electron chi connectivity index (χ2n) is 7.20. The van der Waals surface area contributed by atoms with Crippen molar-refractivity contribution in [1.29, 1.82) is 0 Å². The number of hydrogen-bond acceptors (Lipinski definition) is 5. The number of anilines is 2. The first-order valence-electron chi connectivity index (χ1n) is 9.76. The molecule has 1 N–H and O–H groups in total. The number of halogens is 2. The quantitative estimate of drug-likeness (QED) is 0.447. The second-order valence-corrected chi connectivity index (χ2v) is 8.36. The fourth-order valence-corrected chi connectivity index (χ4v) is 4.58. The van der Waals surface area contributed by atoms with E-state index in [0.29, 0.717) is 12.5 Å². The number of benzene rings is 2. The van der Waals surface area contributed by atoms with Crippen molar-refractivity contribution in [2.75, 3.05) is 12.0 Å². The predicted molar refractivity (Wildman–Crippen MR) is 114 cm³/mol. The predicted octanol–water partition coefficient (Wildman–Crippen LogP) is 6.07. The van der Waals surface area contributed by atoms with Gasteiger partial charge in [-0.05, 0) is 66.8 Å². The van der Waals surface area contributed by atoms with E-state index in [4.69, 9.17) is 4.74 Å². The van der Waals surface area contributed by atoms with Crippen LogP contribution in [0.15, 0.2) is 54.6 Å². The number of aliphatic hydroxyl groups excluding tert-OH is 1. The van der Waals surface area contributed by atoms with E-state index in [1.165, 1.54) is 29.9 Å². The summed E-state index contributed by atoms with van der Waals surface area (Å²) in [5, 5.41) is 9.97. The molecule has 30 heavy (non-hydrogen) atoms. The Morgan fingerprint density at radius 3 is 2.30 bits per heavy atom. The molecule has 1 aliphatic carbocycles. The first-order chi connectivity index (χ1) is 14.6. The molecule has 0 aliphatic heterocycles. The van der Waals surface area contributed by atoms with Gasteiger partial charge in [0.1, 0.15) is 11.5 Å². The van der Waals surface area contributed by atoms with Gasteiger partial charge in [0.15, 0.2) is 0 Å². The van der Waals surface area contributed by atoms with Crippen LogP contribution in [0, 0.1) is 0 Å². The fourth-order valence-electron chi connectivity index (χ4n) is 3.39. The van der Waals surface area contributed by atoms with Crippen LogP contribution in [-0.4, -0.2) is 18.8 Å².